The predicted molar refractivity (Wildman–Crippen MR) is 94.8 cm³/mol. The summed E-state index contributed by atoms with van der Waals surface area (Å²) < 4.78 is 10.8. The van der Waals surface area contributed by atoms with Gasteiger partial charge in [-0.1, -0.05) is 13.3 Å². The maximum absolute atomic E-state index is 5.39. The van der Waals surface area contributed by atoms with Crippen LogP contribution < -0.4 is 20.1 Å². The molecular weight excluding hydrogens is 292 g/mol. The van der Waals surface area contributed by atoms with E-state index in [1.165, 1.54) is 0 Å². The maximum Gasteiger partial charge on any atom is 0.225 e. The molecule has 0 bridgehead atoms. The highest BCUT2D eigenvalue weighted by molar-refractivity contribution is 5.92. The van der Waals surface area contributed by atoms with Crippen molar-refractivity contribution in [3.05, 3.63) is 12.1 Å². The number of aromatic nitrogens is 2. The Morgan fingerprint density at radius 2 is 1.78 bits per heavy atom. The van der Waals surface area contributed by atoms with Gasteiger partial charge in [-0.15, -0.1) is 0 Å². The Bertz CT molecular complexity index is 659. The molecule has 0 aliphatic heterocycles. The molecule has 2 aromatic rings. The third-order valence-electron chi connectivity index (χ3n) is 3.44. The van der Waals surface area contributed by atoms with E-state index < -0.39 is 0 Å². The van der Waals surface area contributed by atoms with Crippen LogP contribution in [0.4, 0.5) is 11.8 Å². The lowest BCUT2D eigenvalue weighted by molar-refractivity contribution is 0.356. The van der Waals surface area contributed by atoms with E-state index in [0.29, 0.717) is 17.4 Å². The highest BCUT2D eigenvalue weighted by Gasteiger charge is 2.13. The van der Waals surface area contributed by atoms with E-state index in [0.717, 1.165) is 36.1 Å². The fourth-order valence-corrected chi connectivity index (χ4v) is 2.30. The first-order valence-electron chi connectivity index (χ1n) is 8.03. The largest absolute Gasteiger partial charge is 0.493 e. The molecular formula is C17H26N4O2. The zero-order valence-corrected chi connectivity index (χ0v) is 14.6. The van der Waals surface area contributed by atoms with Gasteiger partial charge < -0.3 is 20.1 Å². The summed E-state index contributed by atoms with van der Waals surface area (Å²) in [6, 6.07) is 4.06. The number of hydrogen-bond donors (Lipinski definition) is 2. The Hall–Kier alpha value is -2.24. The molecule has 0 unspecified atom stereocenters. The molecule has 0 aliphatic rings. The van der Waals surface area contributed by atoms with Gasteiger partial charge >= 0.3 is 0 Å². The first kappa shape index (κ1) is 17.1. The Kier molecular flexibility index (Phi) is 5.84. The van der Waals surface area contributed by atoms with Gasteiger partial charge in [0, 0.05) is 24.0 Å². The Balaban J connectivity index is 2.51. The monoisotopic (exact) mass is 318 g/mol. The van der Waals surface area contributed by atoms with Crippen molar-refractivity contribution in [1.82, 2.24) is 9.97 Å². The molecule has 2 N–H and O–H groups in total. The lowest BCUT2D eigenvalue weighted by Crippen LogP contribution is -2.14. The van der Waals surface area contributed by atoms with Crippen LogP contribution in [0.1, 0.15) is 33.6 Å². The van der Waals surface area contributed by atoms with Crippen molar-refractivity contribution in [1.29, 1.82) is 0 Å². The first-order chi connectivity index (χ1) is 11.1. The third-order valence-corrected chi connectivity index (χ3v) is 3.44. The van der Waals surface area contributed by atoms with Crippen LogP contribution >= 0.6 is 0 Å². The number of methoxy groups -OCH3 is 2. The second-order valence-corrected chi connectivity index (χ2v) is 5.70. The number of nitrogens with zero attached hydrogens (tertiary/aromatic N) is 2. The average molecular weight is 318 g/mol. The molecule has 23 heavy (non-hydrogen) atoms. The van der Waals surface area contributed by atoms with E-state index in [-0.39, 0.29) is 6.04 Å². The molecule has 1 aromatic carbocycles. The Labute approximate surface area is 137 Å². The van der Waals surface area contributed by atoms with Crippen LogP contribution in [0.25, 0.3) is 10.9 Å². The number of benzene rings is 1. The lowest BCUT2D eigenvalue weighted by Gasteiger charge is -2.16. The van der Waals surface area contributed by atoms with E-state index in [2.05, 4.69) is 41.4 Å². The number of nitrogens with one attached hydrogen (secondary N) is 2. The molecule has 1 heterocycles. The van der Waals surface area contributed by atoms with Crippen molar-refractivity contribution >= 4 is 22.7 Å². The van der Waals surface area contributed by atoms with E-state index in [1.807, 2.05) is 12.1 Å². The topological polar surface area (TPSA) is 68.3 Å². The van der Waals surface area contributed by atoms with Crippen LogP contribution in [0.3, 0.4) is 0 Å². The summed E-state index contributed by atoms with van der Waals surface area (Å²) in [5.41, 5.74) is 0.819. The summed E-state index contributed by atoms with van der Waals surface area (Å²) in [5, 5.41) is 7.58. The van der Waals surface area contributed by atoms with Crippen LogP contribution in [-0.2, 0) is 0 Å². The van der Waals surface area contributed by atoms with Gasteiger partial charge in [-0.05, 0) is 26.3 Å². The summed E-state index contributed by atoms with van der Waals surface area (Å²) in [7, 11) is 3.25. The Morgan fingerprint density at radius 1 is 1.09 bits per heavy atom. The molecule has 6 nitrogen and oxygen atoms in total. The zero-order chi connectivity index (χ0) is 16.8. The average Bonchev–Trinajstić information content (AvgIpc) is 2.53. The molecule has 0 saturated carbocycles. The quantitative estimate of drug-likeness (QED) is 0.724. The van der Waals surface area contributed by atoms with E-state index in [1.54, 1.807) is 14.2 Å². The number of fused-ring (bicyclic) bond motifs is 1. The van der Waals surface area contributed by atoms with Gasteiger partial charge in [0.2, 0.25) is 5.95 Å². The van der Waals surface area contributed by atoms with Gasteiger partial charge in [0.1, 0.15) is 5.82 Å². The third kappa shape index (κ3) is 4.15. The maximum atomic E-state index is 5.39. The molecule has 0 radical (unpaired) electrons. The van der Waals surface area contributed by atoms with Crippen LogP contribution in [0.5, 0.6) is 11.5 Å². The summed E-state index contributed by atoms with van der Waals surface area (Å²) in [6.45, 7) is 7.18. The standard InChI is InChI=1S/C17H26N4O2/c1-6-7-8-18-17-20-13-10-15(23-5)14(22-4)9-12(13)16(21-17)19-11(2)3/h9-11H,6-8H2,1-5H3,(H2,18,19,20,21). The predicted octanol–water partition coefficient (Wildman–Crippen LogP) is 3.68. The molecule has 126 valence electrons. The highest BCUT2D eigenvalue weighted by Crippen LogP contribution is 2.34. The summed E-state index contributed by atoms with van der Waals surface area (Å²) >= 11 is 0. The molecule has 0 fully saturated rings. The second-order valence-electron chi connectivity index (χ2n) is 5.70. The minimum Gasteiger partial charge on any atom is -0.493 e. The summed E-state index contributed by atoms with van der Waals surface area (Å²) in [6.07, 6.45) is 2.21. The minimum atomic E-state index is 0.268. The van der Waals surface area contributed by atoms with Crippen LogP contribution in [0.2, 0.25) is 0 Å². The Morgan fingerprint density at radius 3 is 2.39 bits per heavy atom. The fraction of sp³-hybridized carbons (Fsp3) is 0.529. The number of anilines is 2. The SMILES string of the molecule is CCCCNc1nc(NC(C)C)c2cc(OC)c(OC)cc2n1. The molecule has 6 heteroatoms. The zero-order valence-electron chi connectivity index (χ0n) is 14.6. The van der Waals surface area contributed by atoms with Crippen molar-refractivity contribution < 1.29 is 9.47 Å². The van der Waals surface area contributed by atoms with Crippen LogP contribution in [-0.4, -0.2) is 36.8 Å². The van der Waals surface area contributed by atoms with Crippen LogP contribution in [0, 0.1) is 0 Å². The summed E-state index contributed by atoms with van der Waals surface area (Å²) in [5.74, 6) is 2.75. The van der Waals surface area contributed by atoms with Crippen molar-refractivity contribution in [2.75, 3.05) is 31.4 Å². The van der Waals surface area contributed by atoms with Gasteiger partial charge in [-0.2, -0.15) is 4.98 Å². The molecule has 0 spiro atoms. The molecule has 0 saturated heterocycles. The van der Waals surface area contributed by atoms with Crippen LogP contribution in [0.15, 0.2) is 12.1 Å². The van der Waals surface area contributed by atoms with Crippen molar-refractivity contribution in [3.8, 4) is 11.5 Å². The normalized spacial score (nSPS) is 10.9. The van der Waals surface area contributed by atoms with Gasteiger partial charge in [-0.25, -0.2) is 4.98 Å². The van der Waals surface area contributed by atoms with Crippen molar-refractivity contribution in [2.45, 2.75) is 39.7 Å². The first-order valence-corrected chi connectivity index (χ1v) is 8.03. The van der Waals surface area contributed by atoms with E-state index in [4.69, 9.17) is 9.47 Å². The molecule has 0 amide bonds. The van der Waals surface area contributed by atoms with Gasteiger partial charge in [0.15, 0.2) is 11.5 Å². The van der Waals surface area contributed by atoms with E-state index in [9.17, 15) is 0 Å². The van der Waals surface area contributed by atoms with Gasteiger partial charge in [0.05, 0.1) is 19.7 Å². The molecule has 0 aliphatic carbocycles. The minimum absolute atomic E-state index is 0.268. The number of rotatable bonds is 8. The highest BCUT2D eigenvalue weighted by atomic mass is 16.5. The molecule has 2 rings (SSSR count). The smallest absolute Gasteiger partial charge is 0.225 e. The number of unbranched alkanes of at least 4 members (excludes halogenated alkanes) is 1. The van der Waals surface area contributed by atoms with Crippen molar-refractivity contribution in [3.63, 3.8) is 0 Å². The lowest BCUT2D eigenvalue weighted by atomic mass is 10.2. The van der Waals surface area contributed by atoms with Crippen molar-refractivity contribution in [2.24, 2.45) is 0 Å². The van der Waals surface area contributed by atoms with Gasteiger partial charge in [-0.3, -0.25) is 0 Å². The summed E-state index contributed by atoms with van der Waals surface area (Å²) in [4.78, 5) is 9.22. The van der Waals surface area contributed by atoms with Gasteiger partial charge in [0.25, 0.3) is 0 Å². The fourth-order valence-electron chi connectivity index (χ4n) is 2.30. The molecule has 0 atom stereocenters. The number of ether oxygens (including phenoxy) is 2. The van der Waals surface area contributed by atoms with E-state index >= 15 is 0 Å². The second kappa shape index (κ2) is 7.85. The number of hydrogen-bond acceptors (Lipinski definition) is 6. The molecule has 1 aromatic heterocycles.